The quantitative estimate of drug-likeness (QED) is 0.859. The van der Waals surface area contributed by atoms with Crippen LogP contribution in [0.25, 0.3) is 0 Å². The maximum Gasteiger partial charge on any atom is 0.254 e. The molecule has 0 radical (unpaired) electrons. The maximum absolute atomic E-state index is 12.3. The fourth-order valence-electron chi connectivity index (χ4n) is 2.06. The minimum absolute atomic E-state index is 0.196. The molecule has 0 bridgehead atoms. The van der Waals surface area contributed by atoms with Crippen molar-refractivity contribution in [3.05, 3.63) is 64.1 Å². The molecule has 5 nitrogen and oxygen atoms in total. The molecular weight excluding hydrogens is 268 g/mol. The lowest BCUT2D eigenvalue weighted by atomic mass is 10.1. The van der Waals surface area contributed by atoms with Gasteiger partial charge in [-0.15, -0.1) is 0 Å². The molecule has 110 valence electrons. The highest BCUT2D eigenvalue weighted by molar-refractivity contribution is 5.93. The number of benzene rings is 1. The Hall–Kier alpha value is -2.56. The molecule has 1 aromatic carbocycles. The second-order valence-electron chi connectivity index (χ2n) is 4.84. The van der Waals surface area contributed by atoms with Crippen molar-refractivity contribution in [1.82, 2.24) is 9.47 Å². The molecule has 0 aliphatic carbocycles. The first kappa shape index (κ1) is 14.8. The second kappa shape index (κ2) is 6.26. The van der Waals surface area contributed by atoms with Gasteiger partial charge in [-0.25, -0.2) is 0 Å². The van der Waals surface area contributed by atoms with Crippen molar-refractivity contribution in [1.29, 1.82) is 0 Å². The lowest BCUT2D eigenvalue weighted by molar-refractivity contribution is 0.0784. The summed E-state index contributed by atoms with van der Waals surface area (Å²) in [5.74, 6) is 0.541. The lowest BCUT2D eigenvalue weighted by Crippen LogP contribution is -2.28. The number of amides is 1. The van der Waals surface area contributed by atoms with E-state index in [4.69, 9.17) is 4.74 Å². The van der Waals surface area contributed by atoms with Crippen molar-refractivity contribution in [3.8, 4) is 5.75 Å². The van der Waals surface area contributed by atoms with Crippen molar-refractivity contribution in [3.63, 3.8) is 0 Å². The molecule has 0 spiro atoms. The Kier molecular flexibility index (Phi) is 4.42. The van der Waals surface area contributed by atoms with Crippen LogP contribution in [0.3, 0.4) is 0 Å². The van der Waals surface area contributed by atoms with Crippen molar-refractivity contribution in [2.45, 2.75) is 6.54 Å². The number of nitrogens with zero attached hydrogens (tertiary/aromatic N) is 2. The van der Waals surface area contributed by atoms with E-state index in [0.717, 1.165) is 11.3 Å². The number of methoxy groups -OCH3 is 1. The Morgan fingerprint density at radius 2 is 2.00 bits per heavy atom. The van der Waals surface area contributed by atoms with E-state index in [0.29, 0.717) is 12.1 Å². The van der Waals surface area contributed by atoms with Crippen LogP contribution < -0.4 is 10.3 Å². The van der Waals surface area contributed by atoms with E-state index in [2.05, 4.69) is 0 Å². The number of aromatic nitrogens is 1. The van der Waals surface area contributed by atoms with Gasteiger partial charge in [0.25, 0.3) is 11.5 Å². The first-order valence-electron chi connectivity index (χ1n) is 6.57. The SMILES string of the molecule is COc1ccccc1CN(C)C(=O)c1ccn(C)c(=O)c1. The van der Waals surface area contributed by atoms with Gasteiger partial charge in [0.15, 0.2) is 0 Å². The third-order valence-electron chi connectivity index (χ3n) is 3.30. The summed E-state index contributed by atoms with van der Waals surface area (Å²) >= 11 is 0. The third kappa shape index (κ3) is 3.31. The molecule has 0 N–H and O–H groups in total. The minimum atomic E-state index is -0.202. The van der Waals surface area contributed by atoms with E-state index in [-0.39, 0.29) is 11.5 Å². The molecule has 0 atom stereocenters. The fourth-order valence-corrected chi connectivity index (χ4v) is 2.06. The van der Waals surface area contributed by atoms with Gasteiger partial charge in [-0.1, -0.05) is 18.2 Å². The number of para-hydroxylation sites is 1. The minimum Gasteiger partial charge on any atom is -0.496 e. The van der Waals surface area contributed by atoms with Gasteiger partial charge in [0.05, 0.1) is 7.11 Å². The molecule has 0 saturated carbocycles. The number of ether oxygens (including phenoxy) is 1. The van der Waals surface area contributed by atoms with Crippen molar-refractivity contribution in [2.24, 2.45) is 7.05 Å². The van der Waals surface area contributed by atoms with Crippen molar-refractivity contribution in [2.75, 3.05) is 14.2 Å². The van der Waals surface area contributed by atoms with Gasteiger partial charge in [0.1, 0.15) is 5.75 Å². The van der Waals surface area contributed by atoms with E-state index in [9.17, 15) is 9.59 Å². The zero-order valence-corrected chi connectivity index (χ0v) is 12.4. The molecule has 1 aromatic heterocycles. The van der Waals surface area contributed by atoms with Gasteiger partial charge in [-0.3, -0.25) is 9.59 Å². The normalized spacial score (nSPS) is 10.2. The van der Waals surface area contributed by atoms with E-state index in [1.165, 1.54) is 10.6 Å². The molecule has 2 rings (SSSR count). The molecule has 0 aliphatic rings. The highest BCUT2D eigenvalue weighted by Gasteiger charge is 2.14. The Morgan fingerprint density at radius 1 is 1.29 bits per heavy atom. The number of rotatable bonds is 4. The Balaban J connectivity index is 2.19. The highest BCUT2D eigenvalue weighted by atomic mass is 16.5. The number of carbonyl (C=O) groups is 1. The lowest BCUT2D eigenvalue weighted by Gasteiger charge is -2.19. The fraction of sp³-hybridized carbons (Fsp3) is 0.250. The number of hydrogen-bond donors (Lipinski definition) is 0. The van der Waals surface area contributed by atoms with E-state index < -0.39 is 0 Å². The molecule has 1 amide bonds. The van der Waals surface area contributed by atoms with Crippen LogP contribution in [0.15, 0.2) is 47.4 Å². The maximum atomic E-state index is 12.3. The van der Waals surface area contributed by atoms with Gasteiger partial charge >= 0.3 is 0 Å². The summed E-state index contributed by atoms with van der Waals surface area (Å²) in [5.41, 5.74) is 1.10. The van der Waals surface area contributed by atoms with Crippen LogP contribution in [0.2, 0.25) is 0 Å². The van der Waals surface area contributed by atoms with Gasteiger partial charge in [-0.2, -0.15) is 0 Å². The van der Waals surface area contributed by atoms with Crippen LogP contribution >= 0.6 is 0 Å². The van der Waals surface area contributed by atoms with E-state index in [1.54, 1.807) is 38.4 Å². The van der Waals surface area contributed by atoms with Crippen LogP contribution in [-0.4, -0.2) is 29.5 Å². The summed E-state index contributed by atoms with van der Waals surface area (Å²) in [5, 5.41) is 0. The largest absolute Gasteiger partial charge is 0.496 e. The zero-order chi connectivity index (χ0) is 15.4. The van der Waals surface area contributed by atoms with Crippen LogP contribution in [0.4, 0.5) is 0 Å². The molecule has 1 heterocycles. The predicted octanol–water partition coefficient (Wildman–Crippen LogP) is 1.67. The summed E-state index contributed by atoms with van der Waals surface area (Å²) in [6.45, 7) is 0.415. The molecule has 21 heavy (non-hydrogen) atoms. The monoisotopic (exact) mass is 286 g/mol. The topological polar surface area (TPSA) is 51.5 Å². The summed E-state index contributed by atoms with van der Waals surface area (Å²) in [6, 6.07) is 10.5. The standard InChI is InChI=1S/C16H18N2O3/c1-17-9-8-12(10-15(17)19)16(20)18(2)11-13-6-4-5-7-14(13)21-3/h4-10H,11H2,1-3H3. The van der Waals surface area contributed by atoms with Crippen LogP contribution in [0.1, 0.15) is 15.9 Å². The average molecular weight is 286 g/mol. The molecule has 0 fully saturated rings. The second-order valence-corrected chi connectivity index (χ2v) is 4.84. The summed E-state index contributed by atoms with van der Waals surface area (Å²) in [6.07, 6.45) is 1.59. The summed E-state index contributed by atoms with van der Waals surface area (Å²) in [7, 11) is 4.95. The Morgan fingerprint density at radius 3 is 2.67 bits per heavy atom. The number of carbonyl (C=O) groups excluding carboxylic acids is 1. The van der Waals surface area contributed by atoms with Crippen LogP contribution in [0, 0.1) is 0 Å². The molecule has 0 saturated heterocycles. The number of pyridine rings is 1. The number of hydrogen-bond acceptors (Lipinski definition) is 3. The molecule has 0 unspecified atom stereocenters. The Labute approximate surface area is 123 Å². The highest BCUT2D eigenvalue weighted by Crippen LogP contribution is 2.19. The third-order valence-corrected chi connectivity index (χ3v) is 3.30. The van der Waals surface area contributed by atoms with E-state index in [1.807, 2.05) is 24.3 Å². The molecule has 5 heteroatoms. The molecule has 0 aliphatic heterocycles. The van der Waals surface area contributed by atoms with Gasteiger partial charge in [0, 0.05) is 44.0 Å². The van der Waals surface area contributed by atoms with Gasteiger partial charge < -0.3 is 14.2 Å². The number of aryl methyl sites for hydroxylation is 1. The van der Waals surface area contributed by atoms with Crippen molar-refractivity contribution >= 4 is 5.91 Å². The summed E-state index contributed by atoms with van der Waals surface area (Å²) < 4.78 is 6.70. The smallest absolute Gasteiger partial charge is 0.254 e. The molecule has 2 aromatic rings. The van der Waals surface area contributed by atoms with Gasteiger partial charge in [-0.05, 0) is 12.1 Å². The predicted molar refractivity (Wildman–Crippen MR) is 80.5 cm³/mol. The average Bonchev–Trinajstić information content (AvgIpc) is 2.49. The first-order valence-corrected chi connectivity index (χ1v) is 6.57. The first-order chi connectivity index (χ1) is 10.0. The van der Waals surface area contributed by atoms with Crippen LogP contribution in [-0.2, 0) is 13.6 Å². The van der Waals surface area contributed by atoms with Crippen molar-refractivity contribution < 1.29 is 9.53 Å². The van der Waals surface area contributed by atoms with Gasteiger partial charge in [0.2, 0.25) is 0 Å². The van der Waals surface area contributed by atoms with E-state index >= 15 is 0 Å². The summed E-state index contributed by atoms with van der Waals surface area (Å²) in [4.78, 5) is 25.5. The Bertz CT molecular complexity index is 707. The van der Waals surface area contributed by atoms with Crippen LogP contribution in [0.5, 0.6) is 5.75 Å². The molecular formula is C16H18N2O3. The zero-order valence-electron chi connectivity index (χ0n) is 12.4.